The Kier molecular flexibility index (Phi) is 2.91. The van der Waals surface area contributed by atoms with E-state index in [1.807, 2.05) is 24.3 Å². The Bertz CT molecular complexity index is 582. The van der Waals surface area contributed by atoms with Gasteiger partial charge in [0, 0.05) is 5.56 Å². The van der Waals surface area contributed by atoms with E-state index in [0.29, 0.717) is 11.9 Å². The average Bonchev–Trinajstić information content (AvgIpc) is 3.23. The molecule has 3 rings (SSSR count). The van der Waals surface area contributed by atoms with Crippen LogP contribution < -0.4 is 15.2 Å². The van der Waals surface area contributed by atoms with Crippen LogP contribution in [0.3, 0.4) is 0 Å². The quantitative estimate of drug-likeness (QED) is 0.898. The van der Waals surface area contributed by atoms with Gasteiger partial charge in [0.1, 0.15) is 5.75 Å². The van der Waals surface area contributed by atoms with Crippen LogP contribution in [-0.2, 0) is 0 Å². The van der Waals surface area contributed by atoms with E-state index in [-0.39, 0.29) is 12.0 Å². The maximum atomic E-state index is 5.68. The lowest BCUT2D eigenvalue weighted by Gasteiger charge is -2.06. The Labute approximate surface area is 110 Å². The number of anilines is 1. The first-order chi connectivity index (χ1) is 9.24. The normalized spacial score (nSPS) is 14.2. The molecule has 0 saturated heterocycles. The summed E-state index contributed by atoms with van der Waals surface area (Å²) in [5.41, 5.74) is 6.45. The van der Waals surface area contributed by atoms with Crippen LogP contribution in [0.5, 0.6) is 11.8 Å². The number of rotatable bonds is 4. The number of ether oxygens (including phenoxy) is 2. The fourth-order valence-corrected chi connectivity index (χ4v) is 1.65. The predicted octanol–water partition coefficient (Wildman–Crippen LogP) is 1.67. The highest BCUT2D eigenvalue weighted by Gasteiger charge is 2.23. The van der Waals surface area contributed by atoms with Crippen molar-refractivity contribution in [2.75, 3.05) is 12.8 Å². The van der Waals surface area contributed by atoms with Gasteiger partial charge in [-0.1, -0.05) is 0 Å². The van der Waals surface area contributed by atoms with Crippen LogP contribution >= 0.6 is 0 Å². The molecule has 0 atom stereocenters. The Morgan fingerprint density at radius 3 is 2.47 bits per heavy atom. The molecule has 0 aliphatic heterocycles. The van der Waals surface area contributed by atoms with E-state index >= 15 is 0 Å². The molecular weight excluding hydrogens is 244 g/mol. The van der Waals surface area contributed by atoms with Crippen LogP contribution in [0.1, 0.15) is 12.8 Å². The molecule has 0 radical (unpaired) electrons. The molecule has 2 N–H and O–H groups in total. The van der Waals surface area contributed by atoms with Crippen LogP contribution in [0.2, 0.25) is 0 Å². The van der Waals surface area contributed by atoms with Gasteiger partial charge < -0.3 is 15.2 Å². The Hall–Kier alpha value is -2.37. The molecule has 1 aromatic carbocycles. The van der Waals surface area contributed by atoms with Crippen LogP contribution in [-0.4, -0.2) is 28.2 Å². The lowest BCUT2D eigenvalue weighted by atomic mass is 10.2. The minimum atomic E-state index is 0.139. The first-order valence-electron chi connectivity index (χ1n) is 6.07. The average molecular weight is 258 g/mol. The van der Waals surface area contributed by atoms with Gasteiger partial charge in [0.25, 0.3) is 0 Å². The number of nitrogens with zero attached hydrogens (tertiary/aromatic N) is 3. The zero-order valence-electron chi connectivity index (χ0n) is 10.5. The van der Waals surface area contributed by atoms with Crippen LogP contribution in [0.15, 0.2) is 24.3 Å². The third-order valence-corrected chi connectivity index (χ3v) is 2.75. The van der Waals surface area contributed by atoms with Crippen molar-refractivity contribution in [2.24, 2.45) is 0 Å². The molecular formula is C13H14N4O2. The largest absolute Gasteiger partial charge is 0.490 e. The number of hydrogen-bond acceptors (Lipinski definition) is 6. The highest BCUT2D eigenvalue weighted by molar-refractivity contribution is 5.57. The van der Waals surface area contributed by atoms with Gasteiger partial charge in [-0.05, 0) is 37.1 Å². The summed E-state index contributed by atoms with van der Waals surface area (Å²) in [4.78, 5) is 12.1. The maximum Gasteiger partial charge on any atom is 0.321 e. The van der Waals surface area contributed by atoms with E-state index in [1.54, 1.807) is 0 Å². The van der Waals surface area contributed by atoms with Gasteiger partial charge in [0.2, 0.25) is 5.95 Å². The fourth-order valence-electron chi connectivity index (χ4n) is 1.65. The number of nitrogens with two attached hydrogens (primary N) is 1. The third kappa shape index (κ3) is 2.73. The molecule has 1 heterocycles. The third-order valence-electron chi connectivity index (χ3n) is 2.75. The van der Waals surface area contributed by atoms with E-state index in [2.05, 4.69) is 15.0 Å². The Morgan fingerprint density at radius 2 is 1.84 bits per heavy atom. The van der Waals surface area contributed by atoms with Gasteiger partial charge in [-0.2, -0.15) is 15.0 Å². The molecule has 0 spiro atoms. The van der Waals surface area contributed by atoms with Crippen LogP contribution in [0.4, 0.5) is 5.95 Å². The first-order valence-corrected chi connectivity index (χ1v) is 6.07. The number of methoxy groups -OCH3 is 1. The summed E-state index contributed by atoms with van der Waals surface area (Å²) in [6.07, 6.45) is 2.67. The summed E-state index contributed by atoms with van der Waals surface area (Å²) in [6.45, 7) is 0. The monoisotopic (exact) mass is 258 g/mol. The van der Waals surface area contributed by atoms with Gasteiger partial charge >= 0.3 is 6.01 Å². The summed E-state index contributed by atoms with van der Waals surface area (Å²) in [6, 6.07) is 7.80. The number of aromatic nitrogens is 3. The number of nitrogen functional groups attached to an aromatic ring is 1. The van der Waals surface area contributed by atoms with Crippen molar-refractivity contribution >= 4 is 5.95 Å². The molecule has 0 unspecified atom stereocenters. The molecule has 19 heavy (non-hydrogen) atoms. The standard InChI is InChI=1S/C13H14N4O2/c1-18-13-16-11(15-12(14)17-13)8-2-4-9(5-3-8)19-10-6-7-10/h2-5,10H,6-7H2,1H3,(H2,14,15,16,17). The van der Waals surface area contributed by atoms with Gasteiger partial charge in [-0.25, -0.2) is 0 Å². The summed E-state index contributed by atoms with van der Waals surface area (Å²) >= 11 is 0. The lowest BCUT2D eigenvalue weighted by molar-refractivity contribution is 0.303. The SMILES string of the molecule is COc1nc(N)nc(-c2ccc(OC3CC3)cc2)n1. The van der Waals surface area contributed by atoms with E-state index < -0.39 is 0 Å². The van der Waals surface area contributed by atoms with E-state index in [0.717, 1.165) is 24.2 Å². The summed E-state index contributed by atoms with van der Waals surface area (Å²) in [5.74, 6) is 1.49. The minimum absolute atomic E-state index is 0.139. The molecule has 6 heteroatoms. The molecule has 6 nitrogen and oxygen atoms in total. The predicted molar refractivity (Wildman–Crippen MR) is 69.9 cm³/mol. The first kappa shape index (κ1) is 11.7. The molecule has 1 aromatic heterocycles. The van der Waals surface area contributed by atoms with Crippen molar-refractivity contribution < 1.29 is 9.47 Å². The molecule has 2 aromatic rings. The van der Waals surface area contributed by atoms with Crippen molar-refractivity contribution in [1.82, 2.24) is 15.0 Å². The van der Waals surface area contributed by atoms with Crippen LogP contribution in [0.25, 0.3) is 11.4 Å². The Balaban J connectivity index is 1.86. The second kappa shape index (κ2) is 4.72. The highest BCUT2D eigenvalue weighted by atomic mass is 16.5. The molecule has 0 bridgehead atoms. The van der Waals surface area contributed by atoms with E-state index in [4.69, 9.17) is 15.2 Å². The number of hydrogen-bond donors (Lipinski definition) is 1. The fraction of sp³-hybridized carbons (Fsp3) is 0.308. The summed E-state index contributed by atoms with van der Waals surface area (Å²) in [5, 5.41) is 0. The molecule has 1 aliphatic carbocycles. The van der Waals surface area contributed by atoms with Gasteiger partial charge in [-0.3, -0.25) is 0 Å². The van der Waals surface area contributed by atoms with Gasteiger partial charge in [0.05, 0.1) is 13.2 Å². The van der Waals surface area contributed by atoms with Crippen molar-refractivity contribution in [3.8, 4) is 23.1 Å². The molecule has 0 amide bonds. The Morgan fingerprint density at radius 1 is 1.11 bits per heavy atom. The van der Waals surface area contributed by atoms with Crippen molar-refractivity contribution in [1.29, 1.82) is 0 Å². The molecule has 1 saturated carbocycles. The zero-order chi connectivity index (χ0) is 13.2. The topological polar surface area (TPSA) is 83.2 Å². The second-order valence-corrected chi connectivity index (χ2v) is 4.35. The highest BCUT2D eigenvalue weighted by Crippen LogP contribution is 2.28. The summed E-state index contributed by atoms with van der Waals surface area (Å²) < 4.78 is 10.7. The van der Waals surface area contributed by atoms with Crippen molar-refractivity contribution in [3.05, 3.63) is 24.3 Å². The smallest absolute Gasteiger partial charge is 0.321 e. The minimum Gasteiger partial charge on any atom is -0.490 e. The van der Waals surface area contributed by atoms with Gasteiger partial charge in [0.15, 0.2) is 5.82 Å². The number of benzene rings is 1. The van der Waals surface area contributed by atoms with E-state index in [9.17, 15) is 0 Å². The second-order valence-electron chi connectivity index (χ2n) is 4.35. The van der Waals surface area contributed by atoms with Gasteiger partial charge in [-0.15, -0.1) is 0 Å². The molecule has 98 valence electrons. The summed E-state index contributed by atoms with van der Waals surface area (Å²) in [7, 11) is 1.49. The van der Waals surface area contributed by atoms with Crippen LogP contribution in [0, 0.1) is 0 Å². The molecule has 1 fully saturated rings. The molecule has 1 aliphatic rings. The zero-order valence-corrected chi connectivity index (χ0v) is 10.5. The van der Waals surface area contributed by atoms with Crippen molar-refractivity contribution in [3.63, 3.8) is 0 Å². The lowest BCUT2D eigenvalue weighted by Crippen LogP contribution is -2.02. The maximum absolute atomic E-state index is 5.68. The van der Waals surface area contributed by atoms with Crippen molar-refractivity contribution in [2.45, 2.75) is 18.9 Å². The van der Waals surface area contributed by atoms with E-state index in [1.165, 1.54) is 7.11 Å².